The highest BCUT2D eigenvalue weighted by molar-refractivity contribution is 5.91. The molecule has 1 aromatic carbocycles. The number of amides is 2. The van der Waals surface area contributed by atoms with Gasteiger partial charge in [-0.25, -0.2) is 9.59 Å². The molecule has 2 heterocycles. The second kappa shape index (κ2) is 5.36. The summed E-state index contributed by atoms with van der Waals surface area (Å²) in [4.78, 5) is 25.5. The molecule has 0 saturated heterocycles. The minimum atomic E-state index is -1.13. The number of nitrogens with one attached hydrogen (secondary N) is 1. The number of hydrogen-bond donors (Lipinski definition) is 2. The van der Waals surface area contributed by atoms with Gasteiger partial charge in [-0.1, -0.05) is 12.1 Å². The predicted molar refractivity (Wildman–Crippen MR) is 89.2 cm³/mol. The summed E-state index contributed by atoms with van der Waals surface area (Å²) in [7, 11) is 0. The van der Waals surface area contributed by atoms with Crippen molar-refractivity contribution in [1.29, 1.82) is 0 Å². The largest absolute Gasteiger partial charge is 0.463 e. The summed E-state index contributed by atoms with van der Waals surface area (Å²) >= 11 is 0. The minimum Gasteiger partial charge on any atom is -0.463 e. The van der Waals surface area contributed by atoms with Crippen molar-refractivity contribution in [1.82, 2.24) is 14.7 Å². The van der Waals surface area contributed by atoms with Gasteiger partial charge in [0.05, 0.1) is 17.8 Å². The van der Waals surface area contributed by atoms with Gasteiger partial charge in [-0.2, -0.15) is 9.78 Å². The second-order valence-corrected chi connectivity index (χ2v) is 6.62. The number of fused-ring (bicyclic) bond motifs is 1. The number of anilines is 1. The number of carbonyl (C=O) groups is 2. The Balaban J connectivity index is 1.85. The smallest absolute Gasteiger partial charge is 0.432 e. The highest BCUT2D eigenvalue weighted by atomic mass is 16.4. The summed E-state index contributed by atoms with van der Waals surface area (Å²) in [5.74, 6) is 0. The summed E-state index contributed by atoms with van der Waals surface area (Å²) in [6, 6.07) is 5.66. The molecule has 0 spiro atoms. The third-order valence-corrected chi connectivity index (χ3v) is 4.45. The Bertz CT molecular complexity index is 838. The lowest BCUT2D eigenvalue weighted by molar-refractivity contribution is 0.153. The Morgan fingerprint density at radius 1 is 1.29 bits per heavy atom. The van der Waals surface area contributed by atoms with Crippen molar-refractivity contribution in [2.24, 2.45) is 0 Å². The number of nitrogens with zero attached hydrogens (tertiary/aromatic N) is 3. The van der Waals surface area contributed by atoms with E-state index in [4.69, 9.17) is 5.11 Å². The minimum absolute atomic E-state index is 0.228. The van der Waals surface area contributed by atoms with Crippen LogP contribution in [0.2, 0.25) is 0 Å². The number of carbonyl (C=O) groups excluding carboxylic acids is 1. The van der Waals surface area contributed by atoms with E-state index in [1.54, 1.807) is 4.90 Å². The summed E-state index contributed by atoms with van der Waals surface area (Å²) in [5.41, 5.74) is 3.51. The summed E-state index contributed by atoms with van der Waals surface area (Å²) in [6.07, 6.45) is 0.330. The van der Waals surface area contributed by atoms with E-state index >= 15 is 0 Å². The lowest BCUT2D eigenvalue weighted by Crippen LogP contribution is -2.43. The summed E-state index contributed by atoms with van der Waals surface area (Å²) in [5, 5.41) is 16.1. The molecule has 0 bridgehead atoms. The molecule has 0 fully saturated rings. The van der Waals surface area contributed by atoms with Crippen LogP contribution in [0, 0.1) is 13.8 Å². The molecule has 0 atom stereocenters. The maximum Gasteiger partial charge on any atom is 0.432 e. The SMILES string of the molecule is Cc1ccc(C)c(NC(=O)N2Cc3cn(C(=O)O)nc3C2(C)C)c1. The van der Waals surface area contributed by atoms with Gasteiger partial charge in [0, 0.05) is 17.4 Å². The average Bonchev–Trinajstić information content (AvgIpc) is 3.02. The Morgan fingerprint density at radius 3 is 2.62 bits per heavy atom. The molecular weight excluding hydrogens is 308 g/mol. The lowest BCUT2D eigenvalue weighted by atomic mass is 10.0. The van der Waals surface area contributed by atoms with Crippen molar-refractivity contribution < 1.29 is 14.7 Å². The number of rotatable bonds is 1. The van der Waals surface area contributed by atoms with Gasteiger partial charge in [0.15, 0.2) is 0 Å². The monoisotopic (exact) mass is 328 g/mol. The zero-order chi connectivity index (χ0) is 17.6. The molecule has 1 aromatic heterocycles. The fourth-order valence-electron chi connectivity index (χ4n) is 3.01. The zero-order valence-electron chi connectivity index (χ0n) is 14.1. The molecule has 0 radical (unpaired) electrons. The van der Waals surface area contributed by atoms with E-state index in [9.17, 15) is 9.59 Å². The standard InChI is InChI=1S/C17H20N4O3/c1-10-5-6-11(2)13(7-10)18-15(22)20-8-12-9-21(16(23)24)19-14(12)17(20,3)4/h5-7,9H,8H2,1-4H3,(H,18,22)(H,23,24). The number of benzene rings is 1. The Morgan fingerprint density at radius 2 is 2.00 bits per heavy atom. The van der Waals surface area contributed by atoms with Crippen molar-refractivity contribution in [3.8, 4) is 0 Å². The van der Waals surface area contributed by atoms with E-state index in [0.29, 0.717) is 12.2 Å². The van der Waals surface area contributed by atoms with Crippen molar-refractivity contribution in [2.45, 2.75) is 39.8 Å². The predicted octanol–water partition coefficient (Wildman–Crippen LogP) is 3.31. The third kappa shape index (κ3) is 2.51. The molecule has 3 rings (SSSR count). The fourth-order valence-corrected chi connectivity index (χ4v) is 3.01. The highest BCUT2D eigenvalue weighted by Gasteiger charge is 2.43. The number of aryl methyl sites for hydroxylation is 2. The molecule has 2 amide bonds. The van der Waals surface area contributed by atoms with E-state index in [0.717, 1.165) is 27.1 Å². The molecule has 2 aromatic rings. The fraction of sp³-hybridized carbons (Fsp3) is 0.353. The van der Waals surface area contributed by atoms with Crippen LogP contribution in [0.25, 0.3) is 0 Å². The van der Waals surface area contributed by atoms with E-state index in [-0.39, 0.29) is 6.03 Å². The maximum absolute atomic E-state index is 12.7. The third-order valence-electron chi connectivity index (χ3n) is 4.45. The van der Waals surface area contributed by atoms with Gasteiger partial charge in [-0.05, 0) is 44.9 Å². The molecule has 126 valence electrons. The van der Waals surface area contributed by atoms with Gasteiger partial charge in [0.1, 0.15) is 0 Å². The van der Waals surface area contributed by atoms with Crippen LogP contribution >= 0.6 is 0 Å². The van der Waals surface area contributed by atoms with Crippen molar-refractivity contribution in [2.75, 3.05) is 5.32 Å². The molecular formula is C17H20N4O3. The van der Waals surface area contributed by atoms with Crippen molar-refractivity contribution in [3.05, 3.63) is 46.8 Å². The first-order valence-electron chi connectivity index (χ1n) is 7.68. The summed E-state index contributed by atoms with van der Waals surface area (Å²) in [6.45, 7) is 7.96. The molecule has 24 heavy (non-hydrogen) atoms. The molecule has 1 aliphatic rings. The van der Waals surface area contributed by atoms with Crippen LogP contribution in [0.5, 0.6) is 0 Å². The quantitative estimate of drug-likeness (QED) is 0.840. The summed E-state index contributed by atoms with van der Waals surface area (Å²) < 4.78 is 0.895. The van der Waals surface area contributed by atoms with Crippen LogP contribution in [0.3, 0.4) is 0 Å². The highest BCUT2D eigenvalue weighted by Crippen LogP contribution is 2.38. The second-order valence-electron chi connectivity index (χ2n) is 6.62. The molecule has 0 saturated carbocycles. The van der Waals surface area contributed by atoms with Crippen molar-refractivity contribution >= 4 is 17.8 Å². The molecule has 7 nitrogen and oxygen atoms in total. The van der Waals surface area contributed by atoms with E-state index in [1.165, 1.54) is 6.20 Å². The Hall–Kier alpha value is -2.83. The molecule has 2 N–H and O–H groups in total. The van der Waals surface area contributed by atoms with E-state index in [1.807, 2.05) is 45.9 Å². The average molecular weight is 328 g/mol. The maximum atomic E-state index is 12.7. The first kappa shape index (κ1) is 16.0. The molecule has 1 aliphatic heterocycles. The van der Waals surface area contributed by atoms with Crippen LogP contribution in [-0.2, 0) is 12.1 Å². The number of carboxylic acid groups (broad SMARTS) is 1. The van der Waals surface area contributed by atoms with Gasteiger partial charge in [0.2, 0.25) is 0 Å². The Labute approximate surface area is 139 Å². The zero-order valence-corrected chi connectivity index (χ0v) is 14.1. The van der Waals surface area contributed by atoms with Crippen LogP contribution < -0.4 is 5.32 Å². The lowest BCUT2D eigenvalue weighted by Gasteiger charge is -2.31. The van der Waals surface area contributed by atoms with E-state index < -0.39 is 11.6 Å². The number of aromatic nitrogens is 2. The normalized spacial score (nSPS) is 15.2. The number of urea groups is 1. The molecule has 0 unspecified atom stereocenters. The van der Waals surface area contributed by atoms with Gasteiger partial charge in [-0.3, -0.25) is 0 Å². The van der Waals surface area contributed by atoms with E-state index in [2.05, 4.69) is 10.4 Å². The van der Waals surface area contributed by atoms with Crippen molar-refractivity contribution in [3.63, 3.8) is 0 Å². The first-order valence-corrected chi connectivity index (χ1v) is 7.68. The van der Waals surface area contributed by atoms with Gasteiger partial charge in [0.25, 0.3) is 0 Å². The van der Waals surface area contributed by atoms with Gasteiger partial charge < -0.3 is 15.3 Å². The van der Waals surface area contributed by atoms with Gasteiger partial charge >= 0.3 is 12.1 Å². The topological polar surface area (TPSA) is 87.5 Å². The molecule has 7 heteroatoms. The van der Waals surface area contributed by atoms with Gasteiger partial charge in [-0.15, -0.1) is 0 Å². The van der Waals surface area contributed by atoms with Crippen LogP contribution in [-0.4, -0.2) is 31.9 Å². The number of hydrogen-bond acceptors (Lipinski definition) is 3. The Kier molecular flexibility index (Phi) is 3.59. The van der Waals surface area contributed by atoms with Crippen LogP contribution in [0.1, 0.15) is 36.2 Å². The first-order chi connectivity index (χ1) is 11.2. The van der Waals surface area contributed by atoms with Crippen LogP contribution in [0.4, 0.5) is 15.3 Å². The van der Waals surface area contributed by atoms with Crippen LogP contribution in [0.15, 0.2) is 24.4 Å². The molecule has 0 aliphatic carbocycles.